The van der Waals surface area contributed by atoms with Crippen molar-refractivity contribution in [3.8, 4) is 0 Å². The van der Waals surface area contributed by atoms with E-state index in [1.807, 2.05) is 0 Å². The second kappa shape index (κ2) is 5.17. The molecule has 1 aromatic rings. The van der Waals surface area contributed by atoms with Crippen molar-refractivity contribution in [3.05, 3.63) is 43.5 Å². The van der Waals surface area contributed by atoms with Crippen molar-refractivity contribution in [2.75, 3.05) is 6.54 Å². The third kappa shape index (κ3) is 2.63. The van der Waals surface area contributed by atoms with Crippen LogP contribution in [-0.2, 0) is 14.2 Å². The summed E-state index contributed by atoms with van der Waals surface area (Å²) in [6.07, 6.45) is -2.14. The van der Waals surface area contributed by atoms with Crippen LogP contribution in [0.5, 0.6) is 0 Å². The van der Waals surface area contributed by atoms with E-state index in [2.05, 4.69) is 15.0 Å². The summed E-state index contributed by atoms with van der Waals surface area (Å²) < 4.78 is 32.5. The van der Waals surface area contributed by atoms with Crippen LogP contribution in [0.2, 0.25) is 0 Å². The monoisotopic (exact) mass is 327 g/mol. The zero-order chi connectivity index (χ0) is 16.8. The summed E-state index contributed by atoms with van der Waals surface area (Å²) in [4.78, 5) is 27.7. The Bertz CT molecular complexity index is 785. The Morgan fingerprint density at radius 3 is 2.83 bits per heavy atom. The molecule has 1 aromatic heterocycles. The molecule has 124 valence electrons. The molecule has 11 heteroatoms. The van der Waals surface area contributed by atoms with Crippen LogP contribution >= 0.6 is 0 Å². The highest BCUT2D eigenvalue weighted by Gasteiger charge is 2.64. The molecule has 1 N–H and O–H groups in total. The van der Waals surface area contributed by atoms with Gasteiger partial charge in [-0.2, -0.15) is 0 Å². The first kappa shape index (κ1) is 15.7. The molecule has 0 aliphatic carbocycles. The first-order valence-corrected chi connectivity index (χ1v) is 6.80. The lowest BCUT2D eigenvalue weighted by Gasteiger charge is -2.27. The van der Waals surface area contributed by atoms with Crippen LogP contribution in [0.4, 0.5) is 4.39 Å². The summed E-state index contributed by atoms with van der Waals surface area (Å²) in [7, 11) is 0. The van der Waals surface area contributed by atoms with E-state index in [4.69, 9.17) is 19.7 Å². The highest BCUT2D eigenvalue weighted by Crippen LogP contribution is 2.48. The van der Waals surface area contributed by atoms with Gasteiger partial charge in [0.25, 0.3) is 5.56 Å². The van der Waals surface area contributed by atoms with E-state index in [-0.39, 0.29) is 0 Å². The van der Waals surface area contributed by atoms with E-state index in [1.54, 1.807) is 13.8 Å². The lowest BCUT2D eigenvalue weighted by molar-refractivity contribution is -0.252. The molecule has 4 atom stereocenters. The maximum Gasteiger partial charge on any atom is 0.330 e. The summed E-state index contributed by atoms with van der Waals surface area (Å²) in [5, 5.41) is 3.20. The van der Waals surface area contributed by atoms with E-state index in [0.717, 1.165) is 10.6 Å². The minimum absolute atomic E-state index is 0.592. The number of nitrogens with zero attached hydrogens (tertiary/aromatic N) is 4. The quantitative estimate of drug-likeness (QED) is 0.492. The molecule has 0 radical (unpaired) electrons. The second-order valence-electron chi connectivity index (χ2n) is 5.72. The molecule has 23 heavy (non-hydrogen) atoms. The zero-order valence-corrected chi connectivity index (χ0v) is 12.3. The fourth-order valence-corrected chi connectivity index (χ4v) is 2.76. The van der Waals surface area contributed by atoms with Crippen LogP contribution in [0.25, 0.3) is 10.4 Å². The van der Waals surface area contributed by atoms with Crippen molar-refractivity contribution in [2.45, 2.75) is 43.9 Å². The molecule has 2 aliphatic heterocycles. The topological polar surface area (TPSA) is 131 Å². The van der Waals surface area contributed by atoms with Gasteiger partial charge in [-0.15, -0.1) is 0 Å². The molecule has 10 nitrogen and oxygen atoms in total. The minimum Gasteiger partial charge on any atom is -0.340 e. The molecule has 0 spiro atoms. The number of nitrogens with one attached hydrogen (secondary N) is 1. The number of azide groups is 1. The van der Waals surface area contributed by atoms with Gasteiger partial charge in [0, 0.05) is 17.2 Å². The molecule has 0 bridgehead atoms. The number of hydrogen-bond donors (Lipinski definition) is 1. The Kier molecular flexibility index (Phi) is 3.52. The molecule has 2 aliphatic rings. The number of aromatic nitrogens is 2. The van der Waals surface area contributed by atoms with Gasteiger partial charge in [-0.05, 0) is 19.4 Å². The van der Waals surface area contributed by atoms with Crippen LogP contribution in [0.3, 0.4) is 0 Å². The predicted molar refractivity (Wildman–Crippen MR) is 73.1 cm³/mol. The normalized spacial score (nSPS) is 34.8. The standard InChI is InChI=1S/C12H14FN5O5/c1-11(2)21-7-8(22-11)12(13,5-15-17-14)23-9(7)18-4-3-6(19)16-10(18)20/h3-4,7-9H,5H2,1-2H3,(H,16,19,20)/t7-,8+,9-,12-/m1/s1. The largest absolute Gasteiger partial charge is 0.340 e. The van der Waals surface area contributed by atoms with Crippen molar-refractivity contribution in [3.63, 3.8) is 0 Å². The number of hydrogen-bond acceptors (Lipinski definition) is 6. The molecule has 3 rings (SSSR count). The number of ether oxygens (including phenoxy) is 3. The summed E-state index contributed by atoms with van der Waals surface area (Å²) in [6, 6.07) is 1.10. The Hall–Kier alpha value is -2.20. The Labute approximate surface area is 128 Å². The maximum absolute atomic E-state index is 15.1. The molecule has 3 heterocycles. The predicted octanol–water partition coefficient (Wildman–Crippen LogP) is 0.562. The smallest absolute Gasteiger partial charge is 0.330 e. The number of aromatic amines is 1. The van der Waals surface area contributed by atoms with Crippen molar-refractivity contribution in [2.24, 2.45) is 5.11 Å². The van der Waals surface area contributed by atoms with Crippen LogP contribution < -0.4 is 11.2 Å². The van der Waals surface area contributed by atoms with Crippen molar-refractivity contribution in [1.82, 2.24) is 9.55 Å². The van der Waals surface area contributed by atoms with Crippen molar-refractivity contribution >= 4 is 0 Å². The Morgan fingerprint density at radius 1 is 1.43 bits per heavy atom. The fourth-order valence-electron chi connectivity index (χ4n) is 2.76. The molecule has 2 saturated heterocycles. The maximum atomic E-state index is 15.1. The Balaban J connectivity index is 2.03. The second-order valence-corrected chi connectivity index (χ2v) is 5.72. The zero-order valence-electron chi connectivity index (χ0n) is 12.3. The van der Waals surface area contributed by atoms with E-state index < -0.39 is 47.9 Å². The van der Waals surface area contributed by atoms with Gasteiger partial charge >= 0.3 is 5.69 Å². The van der Waals surface area contributed by atoms with Gasteiger partial charge in [0.15, 0.2) is 18.1 Å². The van der Waals surface area contributed by atoms with Crippen molar-refractivity contribution in [1.29, 1.82) is 0 Å². The van der Waals surface area contributed by atoms with Gasteiger partial charge < -0.3 is 14.2 Å². The average Bonchev–Trinajstić information content (AvgIpc) is 2.91. The average molecular weight is 327 g/mol. The first-order chi connectivity index (χ1) is 10.8. The van der Waals surface area contributed by atoms with Gasteiger partial charge in [-0.1, -0.05) is 5.11 Å². The first-order valence-electron chi connectivity index (χ1n) is 6.80. The number of rotatable bonds is 3. The molecular formula is C12H14FN5O5. The van der Waals surface area contributed by atoms with Gasteiger partial charge in [-0.3, -0.25) is 14.3 Å². The molecule has 0 saturated carbocycles. The molecular weight excluding hydrogens is 313 g/mol. The van der Waals surface area contributed by atoms with Gasteiger partial charge in [0.05, 0.1) is 6.54 Å². The number of alkyl halides is 1. The summed E-state index contributed by atoms with van der Waals surface area (Å²) >= 11 is 0. The highest BCUT2D eigenvalue weighted by atomic mass is 19.2. The summed E-state index contributed by atoms with van der Waals surface area (Å²) in [6.45, 7) is 2.54. The highest BCUT2D eigenvalue weighted by molar-refractivity contribution is 5.03. The van der Waals surface area contributed by atoms with E-state index >= 15 is 4.39 Å². The van der Waals surface area contributed by atoms with Crippen LogP contribution in [0.15, 0.2) is 27.0 Å². The third-order valence-corrected chi connectivity index (χ3v) is 3.63. The molecule has 0 aromatic carbocycles. The Morgan fingerprint density at radius 2 is 2.17 bits per heavy atom. The van der Waals surface area contributed by atoms with Gasteiger partial charge in [0.2, 0.25) is 5.85 Å². The van der Waals surface area contributed by atoms with E-state index in [0.29, 0.717) is 0 Å². The number of fused-ring (bicyclic) bond motifs is 1. The van der Waals surface area contributed by atoms with Crippen LogP contribution in [0.1, 0.15) is 20.1 Å². The summed E-state index contributed by atoms with van der Waals surface area (Å²) in [5.74, 6) is -3.55. The lowest BCUT2D eigenvalue weighted by atomic mass is 10.1. The minimum atomic E-state index is -2.45. The summed E-state index contributed by atoms with van der Waals surface area (Å²) in [5.41, 5.74) is 7.04. The van der Waals surface area contributed by atoms with Crippen LogP contribution in [0, 0.1) is 0 Å². The molecule has 0 unspecified atom stereocenters. The SMILES string of the molecule is CC1(C)O[C@H]2[C@H](n3ccc(=O)[nH]c3=O)O[C@](F)(CN=[N+]=[N-])[C@H]2O1. The van der Waals surface area contributed by atoms with E-state index in [1.165, 1.54) is 6.20 Å². The fraction of sp³-hybridized carbons (Fsp3) is 0.667. The third-order valence-electron chi connectivity index (χ3n) is 3.63. The lowest BCUT2D eigenvalue weighted by Crippen LogP contribution is -2.41. The number of halogens is 1. The van der Waals surface area contributed by atoms with E-state index in [9.17, 15) is 9.59 Å². The molecule has 0 amide bonds. The number of H-pyrrole nitrogens is 1. The van der Waals surface area contributed by atoms with Crippen LogP contribution in [-0.4, -0.2) is 39.9 Å². The van der Waals surface area contributed by atoms with Crippen molar-refractivity contribution < 1.29 is 18.6 Å². The molecule has 2 fully saturated rings. The van der Waals surface area contributed by atoms with Gasteiger partial charge in [0.1, 0.15) is 6.10 Å². The van der Waals surface area contributed by atoms with Gasteiger partial charge in [-0.25, -0.2) is 9.18 Å².